The number of nitrogens with two attached hydrogens (primary N) is 1. The maximum atomic E-state index is 5.88. The second kappa shape index (κ2) is 6.46. The first-order valence-corrected chi connectivity index (χ1v) is 5.86. The zero-order valence-corrected chi connectivity index (χ0v) is 11.2. The van der Waals surface area contributed by atoms with E-state index < -0.39 is 0 Å². The van der Waals surface area contributed by atoms with Gasteiger partial charge >= 0.3 is 0 Å². The van der Waals surface area contributed by atoms with Crippen molar-refractivity contribution in [1.82, 2.24) is 4.90 Å². The van der Waals surface area contributed by atoms with Crippen LogP contribution in [-0.2, 0) is 4.74 Å². The molecule has 0 saturated heterocycles. The molecule has 15 heavy (non-hydrogen) atoms. The van der Waals surface area contributed by atoms with Crippen molar-refractivity contribution in [2.75, 3.05) is 27.2 Å². The fourth-order valence-corrected chi connectivity index (χ4v) is 1.69. The SMILES string of the molecule is CCC(C)CN(C)C(C)(CN)C(C)OC. The van der Waals surface area contributed by atoms with E-state index in [2.05, 4.69) is 39.6 Å². The Hall–Kier alpha value is -0.120. The molecule has 0 heterocycles. The van der Waals surface area contributed by atoms with Gasteiger partial charge in [0, 0.05) is 20.2 Å². The number of likely N-dealkylation sites (N-methyl/N-ethyl adjacent to an activating group) is 1. The molecule has 0 bridgehead atoms. The molecule has 0 radical (unpaired) electrons. The van der Waals surface area contributed by atoms with Gasteiger partial charge in [0.1, 0.15) is 0 Å². The highest BCUT2D eigenvalue weighted by atomic mass is 16.5. The summed E-state index contributed by atoms with van der Waals surface area (Å²) < 4.78 is 5.42. The van der Waals surface area contributed by atoms with E-state index in [1.807, 2.05) is 0 Å². The van der Waals surface area contributed by atoms with Gasteiger partial charge in [0.2, 0.25) is 0 Å². The summed E-state index contributed by atoms with van der Waals surface area (Å²) in [5.74, 6) is 0.699. The lowest BCUT2D eigenvalue weighted by atomic mass is 9.92. The maximum absolute atomic E-state index is 5.88. The topological polar surface area (TPSA) is 38.5 Å². The average Bonchev–Trinajstić information content (AvgIpc) is 2.26. The minimum absolute atomic E-state index is 0.0712. The summed E-state index contributed by atoms with van der Waals surface area (Å²) in [5.41, 5.74) is 5.81. The highest BCUT2D eigenvalue weighted by Gasteiger charge is 2.34. The molecule has 0 aliphatic heterocycles. The van der Waals surface area contributed by atoms with Gasteiger partial charge in [-0.15, -0.1) is 0 Å². The second-order valence-corrected chi connectivity index (χ2v) is 4.83. The molecule has 3 heteroatoms. The van der Waals surface area contributed by atoms with Gasteiger partial charge in [-0.2, -0.15) is 0 Å². The number of methoxy groups -OCH3 is 1. The molecule has 0 aliphatic carbocycles. The van der Waals surface area contributed by atoms with Crippen molar-refractivity contribution in [3.05, 3.63) is 0 Å². The van der Waals surface area contributed by atoms with Crippen LogP contribution in [0.4, 0.5) is 0 Å². The van der Waals surface area contributed by atoms with Crippen molar-refractivity contribution in [1.29, 1.82) is 0 Å². The van der Waals surface area contributed by atoms with Gasteiger partial charge in [-0.05, 0) is 26.8 Å². The normalized spacial score (nSPS) is 20.0. The standard InChI is InChI=1S/C12H28N2O/c1-7-10(2)8-14(5)12(4,9-13)11(3)15-6/h10-11H,7-9,13H2,1-6H3. The Morgan fingerprint density at radius 1 is 1.40 bits per heavy atom. The van der Waals surface area contributed by atoms with Crippen LogP contribution in [0.15, 0.2) is 0 Å². The van der Waals surface area contributed by atoms with E-state index in [4.69, 9.17) is 10.5 Å². The predicted molar refractivity (Wildman–Crippen MR) is 66.0 cm³/mol. The second-order valence-electron chi connectivity index (χ2n) is 4.83. The summed E-state index contributed by atoms with van der Waals surface area (Å²) in [6, 6.07) is 0. The van der Waals surface area contributed by atoms with Gasteiger partial charge in [0.15, 0.2) is 0 Å². The molecular weight excluding hydrogens is 188 g/mol. The molecule has 0 aliphatic rings. The van der Waals surface area contributed by atoms with E-state index >= 15 is 0 Å². The fourth-order valence-electron chi connectivity index (χ4n) is 1.69. The van der Waals surface area contributed by atoms with Crippen LogP contribution in [0.3, 0.4) is 0 Å². The third kappa shape index (κ3) is 3.74. The van der Waals surface area contributed by atoms with Gasteiger partial charge in [0.25, 0.3) is 0 Å². The van der Waals surface area contributed by atoms with Crippen LogP contribution in [-0.4, -0.2) is 43.8 Å². The molecule has 3 nitrogen and oxygen atoms in total. The quantitative estimate of drug-likeness (QED) is 0.704. The van der Waals surface area contributed by atoms with Crippen molar-refractivity contribution >= 4 is 0 Å². The van der Waals surface area contributed by atoms with Crippen molar-refractivity contribution in [2.24, 2.45) is 11.7 Å². The Bertz CT molecular complexity index is 175. The minimum Gasteiger partial charge on any atom is -0.380 e. The Morgan fingerprint density at radius 3 is 2.27 bits per heavy atom. The van der Waals surface area contributed by atoms with Crippen molar-refractivity contribution < 1.29 is 4.74 Å². The molecule has 0 fully saturated rings. The van der Waals surface area contributed by atoms with E-state index in [0.717, 1.165) is 6.54 Å². The van der Waals surface area contributed by atoms with Gasteiger partial charge in [-0.3, -0.25) is 4.90 Å². The third-order valence-corrected chi connectivity index (χ3v) is 3.80. The molecule has 3 unspecified atom stereocenters. The van der Waals surface area contributed by atoms with Crippen LogP contribution in [0.25, 0.3) is 0 Å². The Morgan fingerprint density at radius 2 is 1.93 bits per heavy atom. The number of nitrogens with zero attached hydrogens (tertiary/aromatic N) is 1. The van der Waals surface area contributed by atoms with E-state index in [1.165, 1.54) is 6.42 Å². The maximum Gasteiger partial charge on any atom is 0.0736 e. The zero-order chi connectivity index (χ0) is 12.1. The average molecular weight is 216 g/mol. The minimum atomic E-state index is -0.0712. The van der Waals surface area contributed by atoms with Crippen LogP contribution >= 0.6 is 0 Å². The molecule has 0 aromatic rings. The lowest BCUT2D eigenvalue weighted by molar-refractivity contribution is -0.0244. The molecule has 0 rings (SSSR count). The van der Waals surface area contributed by atoms with E-state index in [0.29, 0.717) is 12.5 Å². The van der Waals surface area contributed by atoms with Crippen LogP contribution < -0.4 is 5.73 Å². The molecular formula is C12H28N2O. The van der Waals surface area contributed by atoms with Crippen molar-refractivity contribution in [2.45, 2.75) is 45.8 Å². The third-order valence-electron chi connectivity index (χ3n) is 3.80. The monoisotopic (exact) mass is 216 g/mol. The molecule has 0 aromatic carbocycles. The molecule has 92 valence electrons. The molecule has 0 aromatic heterocycles. The Balaban J connectivity index is 4.50. The summed E-state index contributed by atoms with van der Waals surface area (Å²) in [4.78, 5) is 2.33. The molecule has 3 atom stereocenters. The number of ether oxygens (including phenoxy) is 1. The Labute approximate surface area is 95.0 Å². The van der Waals surface area contributed by atoms with Crippen LogP contribution in [0.1, 0.15) is 34.1 Å². The predicted octanol–water partition coefficient (Wildman–Crippen LogP) is 1.72. The van der Waals surface area contributed by atoms with Gasteiger partial charge in [-0.25, -0.2) is 0 Å². The van der Waals surface area contributed by atoms with Crippen LogP contribution in [0, 0.1) is 5.92 Å². The number of hydrogen-bond acceptors (Lipinski definition) is 3. The molecule has 0 amide bonds. The lowest BCUT2D eigenvalue weighted by Gasteiger charge is -2.43. The van der Waals surface area contributed by atoms with Gasteiger partial charge in [0.05, 0.1) is 11.6 Å². The fraction of sp³-hybridized carbons (Fsp3) is 1.00. The zero-order valence-electron chi connectivity index (χ0n) is 11.2. The first kappa shape index (κ1) is 14.9. The summed E-state index contributed by atoms with van der Waals surface area (Å²) in [6.07, 6.45) is 1.35. The van der Waals surface area contributed by atoms with Crippen molar-refractivity contribution in [3.63, 3.8) is 0 Å². The molecule has 2 N–H and O–H groups in total. The summed E-state index contributed by atoms with van der Waals surface area (Å²) in [7, 11) is 3.88. The van der Waals surface area contributed by atoms with E-state index in [9.17, 15) is 0 Å². The number of hydrogen-bond donors (Lipinski definition) is 1. The summed E-state index contributed by atoms with van der Waals surface area (Å²) >= 11 is 0. The number of rotatable bonds is 7. The smallest absolute Gasteiger partial charge is 0.0736 e. The van der Waals surface area contributed by atoms with Crippen molar-refractivity contribution in [3.8, 4) is 0 Å². The first-order chi connectivity index (χ1) is 6.92. The van der Waals surface area contributed by atoms with E-state index in [1.54, 1.807) is 7.11 Å². The highest BCUT2D eigenvalue weighted by molar-refractivity contribution is 4.91. The van der Waals surface area contributed by atoms with E-state index in [-0.39, 0.29) is 11.6 Å². The molecule has 0 saturated carbocycles. The first-order valence-electron chi connectivity index (χ1n) is 5.86. The highest BCUT2D eigenvalue weighted by Crippen LogP contribution is 2.20. The van der Waals surface area contributed by atoms with Gasteiger partial charge in [-0.1, -0.05) is 20.3 Å². The largest absolute Gasteiger partial charge is 0.380 e. The molecule has 0 spiro atoms. The van der Waals surface area contributed by atoms with Crippen LogP contribution in [0.2, 0.25) is 0 Å². The van der Waals surface area contributed by atoms with Crippen LogP contribution in [0.5, 0.6) is 0 Å². The van der Waals surface area contributed by atoms with Gasteiger partial charge < -0.3 is 10.5 Å². The lowest BCUT2D eigenvalue weighted by Crippen LogP contribution is -2.58. The Kier molecular flexibility index (Phi) is 6.41. The summed E-state index contributed by atoms with van der Waals surface area (Å²) in [5, 5.41) is 0. The summed E-state index contributed by atoms with van der Waals surface area (Å²) in [6.45, 7) is 10.4.